The summed E-state index contributed by atoms with van der Waals surface area (Å²) in [6.07, 6.45) is 0.594. The van der Waals surface area contributed by atoms with E-state index in [0.29, 0.717) is 91.7 Å². The Morgan fingerprint density at radius 1 is 0.621 bits per heavy atom. The van der Waals surface area contributed by atoms with Crippen molar-refractivity contribution >= 4 is 67.6 Å². The molecule has 1 aliphatic heterocycles. The predicted molar refractivity (Wildman–Crippen MR) is 232 cm³/mol. The fourth-order valence-corrected chi connectivity index (χ4v) is 6.72. The summed E-state index contributed by atoms with van der Waals surface area (Å²) in [5, 5.41) is 92.2. The highest BCUT2D eigenvalue weighted by molar-refractivity contribution is 5.94. The first-order chi connectivity index (χ1) is 31.5. The molecule has 0 bridgehead atoms. The largest absolute Gasteiger partial charge is 0.494 e. The number of nitro groups is 4. The van der Waals surface area contributed by atoms with Crippen LogP contribution in [0.25, 0.3) is 22.1 Å². The van der Waals surface area contributed by atoms with E-state index in [1.807, 2.05) is 20.8 Å². The first-order valence-electron chi connectivity index (χ1n) is 19.6. The first-order valence-corrected chi connectivity index (χ1v) is 19.6. The van der Waals surface area contributed by atoms with E-state index in [4.69, 9.17) is 14.2 Å². The van der Waals surface area contributed by atoms with Gasteiger partial charge in [0.2, 0.25) is 0 Å². The van der Waals surface area contributed by atoms with E-state index < -0.39 is 31.1 Å². The number of rotatable bonds is 13. The number of non-ortho nitro benzene ring substituents is 1. The van der Waals surface area contributed by atoms with Crippen molar-refractivity contribution in [3.8, 4) is 17.2 Å². The van der Waals surface area contributed by atoms with Crippen molar-refractivity contribution in [1.82, 2.24) is 30.3 Å². The van der Waals surface area contributed by atoms with Gasteiger partial charge in [-0.2, -0.15) is 5.12 Å². The molecule has 0 saturated heterocycles. The molecule has 0 fully saturated rings. The summed E-state index contributed by atoms with van der Waals surface area (Å²) in [5.41, 5.74) is 1.77. The molecule has 3 heterocycles. The van der Waals surface area contributed by atoms with E-state index in [1.54, 1.807) is 62.4 Å². The van der Waals surface area contributed by atoms with Crippen molar-refractivity contribution in [2.24, 2.45) is 0 Å². The third-order valence-electron chi connectivity index (χ3n) is 9.62. The number of hydrogen-bond donors (Lipinski definition) is 3. The molecule has 0 radical (unpaired) electrons. The summed E-state index contributed by atoms with van der Waals surface area (Å²) in [4.78, 5) is 43.5. The second kappa shape index (κ2) is 19.5. The van der Waals surface area contributed by atoms with Crippen LogP contribution in [0.2, 0.25) is 0 Å². The van der Waals surface area contributed by atoms with E-state index in [-0.39, 0.29) is 34.0 Å². The van der Waals surface area contributed by atoms with Crippen LogP contribution in [0.1, 0.15) is 38.8 Å². The van der Waals surface area contributed by atoms with Crippen LogP contribution in [-0.4, -0.2) is 85.5 Å². The first kappa shape index (κ1) is 46.4. The van der Waals surface area contributed by atoms with Gasteiger partial charge in [0.25, 0.3) is 11.4 Å². The number of fused-ring (bicyclic) bond motifs is 3. The molecule has 27 heteroatoms. The van der Waals surface area contributed by atoms with Crippen molar-refractivity contribution in [1.29, 1.82) is 0 Å². The van der Waals surface area contributed by atoms with Crippen LogP contribution >= 0.6 is 0 Å². The maximum Gasteiger partial charge on any atom is 0.313 e. The molecule has 7 aromatic rings. The summed E-state index contributed by atoms with van der Waals surface area (Å²) in [6, 6.07) is 19.4. The van der Waals surface area contributed by atoms with Crippen LogP contribution in [-0.2, 0) is 6.42 Å². The maximum absolute atomic E-state index is 11.9. The monoisotopic (exact) mass is 913 g/mol. The van der Waals surface area contributed by atoms with Gasteiger partial charge >= 0.3 is 11.4 Å². The second-order valence-electron chi connectivity index (χ2n) is 13.5. The van der Waals surface area contributed by atoms with Gasteiger partial charge < -0.3 is 24.6 Å². The van der Waals surface area contributed by atoms with Crippen molar-refractivity contribution < 1.29 is 49.5 Å². The quantitative estimate of drug-likeness (QED) is 0.0575. The number of ether oxygens (including phenoxy) is 3. The Kier molecular flexibility index (Phi) is 13.7. The van der Waals surface area contributed by atoms with Gasteiger partial charge in [-0.1, -0.05) is 16.6 Å². The molecule has 27 nitrogen and oxygen atoms in total. The Morgan fingerprint density at radius 2 is 1.18 bits per heavy atom. The summed E-state index contributed by atoms with van der Waals surface area (Å²) in [5.74, 6) is 1.31. The summed E-state index contributed by atoms with van der Waals surface area (Å²) >= 11 is 0. The molecule has 0 saturated carbocycles. The topological polar surface area (TPSA) is 332 Å². The van der Waals surface area contributed by atoms with E-state index in [0.717, 1.165) is 12.1 Å². The van der Waals surface area contributed by atoms with Crippen LogP contribution in [0.3, 0.4) is 0 Å². The number of anilines is 4. The Balaban J connectivity index is 0.000000186. The normalized spacial score (nSPS) is 11.6. The van der Waals surface area contributed by atoms with Crippen LogP contribution < -0.4 is 29.5 Å². The van der Waals surface area contributed by atoms with Gasteiger partial charge in [0.05, 0.1) is 68.6 Å². The molecule has 0 aliphatic carbocycles. The number of nitrogens with zero attached hydrogens (tertiary/aromatic N) is 13. The number of nitro benzene ring substituents is 4. The molecule has 1 aliphatic rings. The molecule has 3 N–H and O–H groups in total. The molecule has 0 amide bonds. The second-order valence-corrected chi connectivity index (χ2v) is 13.5. The van der Waals surface area contributed by atoms with Crippen molar-refractivity contribution in [2.45, 2.75) is 41.0 Å². The van der Waals surface area contributed by atoms with Gasteiger partial charge in [-0.25, -0.2) is 5.01 Å². The zero-order valence-electron chi connectivity index (χ0n) is 35.5. The highest BCUT2D eigenvalue weighted by Gasteiger charge is 2.43. The van der Waals surface area contributed by atoms with E-state index in [2.05, 4.69) is 20.6 Å². The fourth-order valence-electron chi connectivity index (χ4n) is 6.72. The standard InChI is InChI=1S/C22H21N5O7.C9H10N4O3.C8H8N4O4/c1-3-33-18-9-5-15(6-10-18)23-22-20(13-17(26(29)30)14-21(22)27(31)32)25(28)24(23)16-7-11-19(12-8-16)34-4-2;1-3-6-4-7(13(15)16)5(2)9-8(6)10-11-12(9)14;1-2-16-8-3-5-6(11(13)10-9-5)4-7(8)12(14)15/h5-14,28H,3-4H2,1-2H3;4,14H,3H2,1-2H3;3-4,13H,2H2,1H3. The minimum absolute atomic E-state index is 0.0260. The third-order valence-corrected chi connectivity index (χ3v) is 9.62. The highest BCUT2D eigenvalue weighted by Crippen LogP contribution is 2.51. The number of benzene rings is 5. The summed E-state index contributed by atoms with van der Waals surface area (Å²) in [7, 11) is 0. The van der Waals surface area contributed by atoms with Crippen molar-refractivity contribution in [3.63, 3.8) is 0 Å². The lowest BCUT2D eigenvalue weighted by Crippen LogP contribution is -2.45. The molecule has 66 heavy (non-hydrogen) atoms. The van der Waals surface area contributed by atoms with Gasteiger partial charge in [-0.3, -0.25) is 45.7 Å². The smallest absolute Gasteiger partial charge is 0.313 e. The predicted octanol–water partition coefficient (Wildman–Crippen LogP) is 7.41. The van der Waals surface area contributed by atoms with Gasteiger partial charge in [0.1, 0.15) is 39.3 Å². The van der Waals surface area contributed by atoms with Crippen LogP contribution in [0, 0.1) is 47.4 Å². The zero-order chi connectivity index (χ0) is 48.0. The number of hydrogen-bond acceptors (Lipinski definition) is 21. The molecule has 0 unspecified atom stereocenters. The Bertz CT molecular complexity index is 2940. The van der Waals surface area contributed by atoms with Crippen molar-refractivity contribution in [2.75, 3.05) is 35.1 Å². The minimum Gasteiger partial charge on any atom is -0.494 e. The van der Waals surface area contributed by atoms with Crippen LogP contribution in [0.4, 0.5) is 45.5 Å². The minimum atomic E-state index is -0.748. The maximum atomic E-state index is 11.9. The fraction of sp³-hybridized carbons (Fsp3) is 0.231. The Morgan fingerprint density at radius 3 is 1.71 bits per heavy atom. The number of aromatic nitrogens is 6. The molecular weight excluding hydrogens is 875 g/mol. The van der Waals surface area contributed by atoms with Gasteiger partial charge in [0.15, 0.2) is 11.4 Å². The van der Waals surface area contributed by atoms with Crippen molar-refractivity contribution in [3.05, 3.63) is 130 Å². The molecule has 2 aromatic heterocycles. The lowest BCUT2D eigenvalue weighted by Gasteiger charge is -2.33. The molecule has 0 atom stereocenters. The van der Waals surface area contributed by atoms with E-state index in [9.17, 15) is 56.1 Å². The molecule has 344 valence electrons. The molecule has 0 spiro atoms. The molecular formula is C39H39N13O14. The highest BCUT2D eigenvalue weighted by atomic mass is 16.6. The lowest BCUT2D eigenvalue weighted by atomic mass is 10.1. The van der Waals surface area contributed by atoms with Crippen LogP contribution in [0.15, 0.2) is 78.9 Å². The number of hydrazine groups is 2. The molecule has 5 aromatic carbocycles. The summed E-state index contributed by atoms with van der Waals surface area (Å²) < 4.78 is 16.1. The average molecular weight is 914 g/mol. The van der Waals surface area contributed by atoms with E-state index in [1.165, 1.54) is 28.3 Å². The third kappa shape index (κ3) is 9.15. The van der Waals surface area contributed by atoms with Crippen LogP contribution in [0.5, 0.6) is 17.2 Å². The van der Waals surface area contributed by atoms with Gasteiger partial charge in [0, 0.05) is 18.2 Å². The summed E-state index contributed by atoms with van der Waals surface area (Å²) in [6.45, 7) is 10.1. The Hall–Kier alpha value is -9.14. The lowest BCUT2D eigenvalue weighted by molar-refractivity contribution is -0.393. The van der Waals surface area contributed by atoms with Gasteiger partial charge in [-0.05, 0) is 98.6 Å². The van der Waals surface area contributed by atoms with E-state index >= 15 is 0 Å². The zero-order valence-corrected chi connectivity index (χ0v) is 35.5. The average Bonchev–Trinajstić information content (AvgIpc) is 3.96. The van der Waals surface area contributed by atoms with Gasteiger partial charge in [-0.15, -0.1) is 15.4 Å². The SMILES string of the molecule is CCOc1cc2nnn(O)c2cc1[N+](=O)[O-].CCOc1ccc(N2c3c(cc([N+](=O)[O-])cc3[N+](=O)[O-])N(O)N2c2ccc(OCC)cc2)cc1.CCc1cc([N+](=O)[O-])c(C)c2c1nnn2O. The molecule has 8 rings (SSSR count). The Labute approximate surface area is 370 Å². The number of aryl methyl sites for hydroxylation is 2.